The molecule has 2 heteroatoms. The van der Waals surface area contributed by atoms with E-state index in [-0.39, 0.29) is 0 Å². The number of hydrogen-bond donors (Lipinski definition) is 1. The first-order valence-electron chi connectivity index (χ1n) is 7.34. The lowest BCUT2D eigenvalue weighted by Crippen LogP contribution is -2.31. The lowest BCUT2D eigenvalue weighted by molar-refractivity contribution is 0.449. The Bertz CT molecular complexity index is 522. The fraction of sp³-hybridized carbons (Fsp3) is 0.389. The third-order valence-corrected chi connectivity index (χ3v) is 3.96. The van der Waals surface area contributed by atoms with Crippen molar-refractivity contribution in [2.24, 2.45) is 0 Å². The van der Waals surface area contributed by atoms with Gasteiger partial charge in [0.1, 0.15) is 0 Å². The highest BCUT2D eigenvalue weighted by Gasteiger charge is 2.17. The summed E-state index contributed by atoms with van der Waals surface area (Å²) in [6.07, 6.45) is 4.10. The smallest absolute Gasteiger partial charge is 0.0447 e. The molecule has 106 valence electrons. The van der Waals surface area contributed by atoms with Gasteiger partial charge in [0, 0.05) is 23.9 Å². The van der Waals surface area contributed by atoms with Gasteiger partial charge in [-0.1, -0.05) is 42.8 Å². The summed E-state index contributed by atoms with van der Waals surface area (Å²) >= 11 is 0. The van der Waals surface area contributed by atoms with Crippen molar-refractivity contribution in [2.45, 2.75) is 38.6 Å². The zero-order chi connectivity index (χ0) is 14.4. The number of nitrogens with zero attached hydrogens (tertiary/aromatic N) is 1. The lowest BCUT2D eigenvalue weighted by atomic mass is 9.92. The van der Waals surface area contributed by atoms with E-state index in [9.17, 15) is 0 Å². The van der Waals surface area contributed by atoms with Gasteiger partial charge in [0.15, 0.2) is 0 Å². The van der Waals surface area contributed by atoms with Crippen molar-refractivity contribution in [3.63, 3.8) is 0 Å². The molecule has 1 N–H and O–H groups in total. The maximum atomic E-state index is 4.48. The van der Waals surface area contributed by atoms with Crippen LogP contribution in [0.15, 0.2) is 48.7 Å². The van der Waals surface area contributed by atoms with E-state index in [1.165, 1.54) is 11.1 Å². The molecule has 1 aromatic heterocycles. The predicted octanol–water partition coefficient (Wildman–Crippen LogP) is 3.71. The van der Waals surface area contributed by atoms with Gasteiger partial charge >= 0.3 is 0 Å². The molecule has 2 atom stereocenters. The third kappa shape index (κ3) is 3.91. The molecule has 2 nitrogen and oxygen atoms in total. The van der Waals surface area contributed by atoms with Gasteiger partial charge < -0.3 is 5.32 Å². The molecule has 0 aliphatic carbocycles. The first-order valence-corrected chi connectivity index (χ1v) is 7.34. The van der Waals surface area contributed by atoms with Crippen molar-refractivity contribution in [3.05, 3.63) is 65.5 Å². The molecule has 0 aliphatic heterocycles. The van der Waals surface area contributed by atoms with Gasteiger partial charge in [-0.2, -0.15) is 0 Å². The summed E-state index contributed by atoms with van der Waals surface area (Å²) in [5.41, 5.74) is 3.91. The molecule has 1 aromatic carbocycles. The van der Waals surface area contributed by atoms with Gasteiger partial charge in [-0.3, -0.25) is 4.98 Å². The molecule has 0 spiro atoms. The molecule has 1 heterocycles. The van der Waals surface area contributed by atoms with Gasteiger partial charge in [-0.15, -0.1) is 0 Å². The second-order valence-electron chi connectivity index (χ2n) is 5.47. The Hall–Kier alpha value is -1.67. The van der Waals surface area contributed by atoms with Crippen LogP contribution >= 0.6 is 0 Å². The monoisotopic (exact) mass is 268 g/mol. The van der Waals surface area contributed by atoms with E-state index in [1.54, 1.807) is 0 Å². The first kappa shape index (κ1) is 14.7. The Morgan fingerprint density at radius 2 is 2.00 bits per heavy atom. The third-order valence-electron chi connectivity index (χ3n) is 3.96. The minimum Gasteiger partial charge on any atom is -0.316 e. The van der Waals surface area contributed by atoms with Crippen molar-refractivity contribution in [2.75, 3.05) is 7.05 Å². The van der Waals surface area contributed by atoms with E-state index >= 15 is 0 Å². The van der Waals surface area contributed by atoms with Gasteiger partial charge in [-0.05, 0) is 44.5 Å². The summed E-state index contributed by atoms with van der Waals surface area (Å²) in [7, 11) is 2.04. The minimum atomic E-state index is 0.422. The molecule has 0 amide bonds. The number of pyridine rings is 1. The molecular formula is C18H24N2. The summed E-state index contributed by atoms with van der Waals surface area (Å²) in [6.45, 7) is 4.40. The van der Waals surface area contributed by atoms with Crippen LogP contribution in [0.5, 0.6) is 0 Å². The molecule has 0 saturated carbocycles. The molecule has 0 bridgehead atoms. The van der Waals surface area contributed by atoms with Crippen LogP contribution in [-0.4, -0.2) is 18.1 Å². The minimum absolute atomic E-state index is 0.422. The van der Waals surface area contributed by atoms with E-state index in [0.29, 0.717) is 12.0 Å². The summed E-state index contributed by atoms with van der Waals surface area (Å²) in [4.78, 5) is 4.48. The highest BCUT2D eigenvalue weighted by molar-refractivity contribution is 5.22. The van der Waals surface area contributed by atoms with E-state index in [4.69, 9.17) is 0 Å². The number of aryl methyl sites for hydroxylation is 2. The quantitative estimate of drug-likeness (QED) is 0.864. The Balaban J connectivity index is 1.99. The molecule has 0 saturated heterocycles. The van der Waals surface area contributed by atoms with Crippen LogP contribution in [0.25, 0.3) is 0 Å². The average molecular weight is 268 g/mol. The zero-order valence-electron chi connectivity index (χ0n) is 12.6. The van der Waals surface area contributed by atoms with Crippen LogP contribution in [0.2, 0.25) is 0 Å². The fourth-order valence-electron chi connectivity index (χ4n) is 2.69. The number of aromatic nitrogens is 1. The van der Waals surface area contributed by atoms with Crippen LogP contribution in [0.4, 0.5) is 0 Å². The van der Waals surface area contributed by atoms with E-state index < -0.39 is 0 Å². The summed E-state index contributed by atoms with van der Waals surface area (Å²) in [5, 5.41) is 3.45. The maximum Gasteiger partial charge on any atom is 0.0447 e. The zero-order valence-corrected chi connectivity index (χ0v) is 12.6. The molecule has 0 radical (unpaired) electrons. The van der Waals surface area contributed by atoms with Crippen LogP contribution in [0.3, 0.4) is 0 Å². The highest BCUT2D eigenvalue weighted by Crippen LogP contribution is 2.20. The average Bonchev–Trinajstić information content (AvgIpc) is 2.48. The fourth-order valence-corrected chi connectivity index (χ4v) is 2.69. The summed E-state index contributed by atoms with van der Waals surface area (Å²) in [5.74, 6) is 0.422. The van der Waals surface area contributed by atoms with Crippen molar-refractivity contribution >= 4 is 0 Å². The molecule has 2 unspecified atom stereocenters. The molecule has 2 rings (SSSR count). The second kappa shape index (κ2) is 7.20. The van der Waals surface area contributed by atoms with Gasteiger partial charge in [-0.25, -0.2) is 0 Å². The SMILES string of the molecule is CNC(CCc1cccc(C)c1)C(C)c1ccccn1. The number of hydrogen-bond acceptors (Lipinski definition) is 2. The van der Waals surface area contributed by atoms with E-state index in [0.717, 1.165) is 18.5 Å². The van der Waals surface area contributed by atoms with Crippen LogP contribution in [-0.2, 0) is 6.42 Å². The Kier molecular flexibility index (Phi) is 5.31. The first-order chi connectivity index (χ1) is 9.70. The van der Waals surface area contributed by atoms with E-state index in [2.05, 4.69) is 60.5 Å². The molecule has 20 heavy (non-hydrogen) atoms. The Morgan fingerprint density at radius 1 is 1.15 bits per heavy atom. The molecule has 0 fully saturated rings. The maximum absolute atomic E-state index is 4.48. The van der Waals surface area contributed by atoms with Crippen molar-refractivity contribution in [1.29, 1.82) is 0 Å². The van der Waals surface area contributed by atoms with Gasteiger partial charge in [0.2, 0.25) is 0 Å². The lowest BCUT2D eigenvalue weighted by Gasteiger charge is -2.23. The van der Waals surface area contributed by atoms with Gasteiger partial charge in [0.05, 0.1) is 0 Å². The number of benzene rings is 1. The summed E-state index contributed by atoms with van der Waals surface area (Å²) < 4.78 is 0. The predicted molar refractivity (Wildman–Crippen MR) is 85.0 cm³/mol. The summed E-state index contributed by atoms with van der Waals surface area (Å²) in [6, 6.07) is 15.4. The molecule has 2 aromatic rings. The van der Waals surface area contributed by atoms with Crippen LogP contribution < -0.4 is 5.32 Å². The number of likely N-dealkylation sites (N-methyl/N-ethyl adjacent to an activating group) is 1. The molecule has 0 aliphatic rings. The topological polar surface area (TPSA) is 24.9 Å². The highest BCUT2D eigenvalue weighted by atomic mass is 14.9. The van der Waals surface area contributed by atoms with Crippen molar-refractivity contribution in [1.82, 2.24) is 10.3 Å². The Morgan fingerprint density at radius 3 is 2.65 bits per heavy atom. The normalized spacial score (nSPS) is 13.9. The van der Waals surface area contributed by atoms with Crippen molar-refractivity contribution in [3.8, 4) is 0 Å². The second-order valence-corrected chi connectivity index (χ2v) is 5.47. The van der Waals surface area contributed by atoms with Crippen molar-refractivity contribution < 1.29 is 0 Å². The largest absolute Gasteiger partial charge is 0.316 e. The molecular weight excluding hydrogens is 244 g/mol. The van der Waals surface area contributed by atoms with Crippen LogP contribution in [0.1, 0.15) is 36.1 Å². The van der Waals surface area contributed by atoms with Gasteiger partial charge in [0.25, 0.3) is 0 Å². The Labute approximate surface area is 122 Å². The standard InChI is InChI=1S/C18H24N2/c1-14-7-6-8-16(13-14)10-11-17(19-3)15(2)18-9-4-5-12-20-18/h4-9,12-13,15,17,19H,10-11H2,1-3H3. The number of rotatable bonds is 6. The van der Waals surface area contributed by atoms with Crippen LogP contribution in [0, 0.1) is 6.92 Å². The van der Waals surface area contributed by atoms with E-state index in [1.807, 2.05) is 19.3 Å². The number of nitrogens with one attached hydrogen (secondary N) is 1.